The molecule has 23 heavy (non-hydrogen) atoms. The number of nitrogens with one attached hydrogen (secondary N) is 2. The molecule has 2 rings (SSSR count). The van der Waals surface area contributed by atoms with Gasteiger partial charge in [-0.05, 0) is 18.6 Å². The number of imide groups is 1. The number of hydrogen-bond acceptors (Lipinski definition) is 4. The first-order valence-electron chi connectivity index (χ1n) is 6.98. The van der Waals surface area contributed by atoms with Gasteiger partial charge in [-0.25, -0.2) is 9.78 Å². The molecule has 2 N–H and O–H groups in total. The van der Waals surface area contributed by atoms with E-state index in [1.165, 1.54) is 6.07 Å². The SMILES string of the molecule is CCCNC(=O)NC(=O)CSc1nc2ccccc2n1C(F)F. The number of nitrogens with zero attached hydrogens (tertiary/aromatic N) is 2. The zero-order chi connectivity index (χ0) is 16.8. The van der Waals surface area contributed by atoms with Crippen molar-refractivity contribution < 1.29 is 18.4 Å². The van der Waals surface area contributed by atoms with Crippen molar-refractivity contribution >= 4 is 34.7 Å². The van der Waals surface area contributed by atoms with Crippen LogP contribution in [0.4, 0.5) is 13.6 Å². The van der Waals surface area contributed by atoms with E-state index in [0.29, 0.717) is 17.6 Å². The molecule has 0 atom stereocenters. The number of rotatable bonds is 6. The van der Waals surface area contributed by atoms with Gasteiger partial charge in [0.1, 0.15) is 0 Å². The fourth-order valence-electron chi connectivity index (χ4n) is 1.89. The van der Waals surface area contributed by atoms with Gasteiger partial charge >= 0.3 is 12.6 Å². The quantitative estimate of drug-likeness (QED) is 0.792. The van der Waals surface area contributed by atoms with Crippen molar-refractivity contribution in [3.8, 4) is 0 Å². The third kappa shape index (κ3) is 4.41. The normalized spacial score (nSPS) is 11.0. The number of halogens is 2. The number of thioether (sulfide) groups is 1. The van der Waals surface area contributed by atoms with Crippen LogP contribution in [-0.2, 0) is 4.79 Å². The maximum Gasteiger partial charge on any atom is 0.321 e. The van der Waals surface area contributed by atoms with Gasteiger partial charge in [-0.3, -0.25) is 14.7 Å². The van der Waals surface area contributed by atoms with Gasteiger partial charge in [-0.15, -0.1) is 0 Å². The zero-order valence-electron chi connectivity index (χ0n) is 12.4. The molecule has 1 aromatic carbocycles. The number of aromatic nitrogens is 2. The Morgan fingerprint density at radius 3 is 2.78 bits per heavy atom. The molecule has 9 heteroatoms. The largest absolute Gasteiger partial charge is 0.338 e. The average Bonchev–Trinajstić information content (AvgIpc) is 2.89. The van der Waals surface area contributed by atoms with Crippen LogP contribution < -0.4 is 10.6 Å². The predicted octanol–water partition coefficient (Wildman–Crippen LogP) is 2.76. The fourth-order valence-corrected chi connectivity index (χ4v) is 2.70. The van der Waals surface area contributed by atoms with Gasteiger partial charge in [0.05, 0.1) is 16.8 Å². The van der Waals surface area contributed by atoms with Crippen molar-refractivity contribution in [3.05, 3.63) is 24.3 Å². The number of imidazole rings is 1. The van der Waals surface area contributed by atoms with Crippen molar-refractivity contribution in [1.29, 1.82) is 0 Å². The van der Waals surface area contributed by atoms with Gasteiger partial charge in [-0.1, -0.05) is 30.8 Å². The molecular weight excluding hydrogens is 326 g/mol. The molecule has 124 valence electrons. The summed E-state index contributed by atoms with van der Waals surface area (Å²) >= 11 is 0.855. The lowest BCUT2D eigenvalue weighted by Crippen LogP contribution is -2.40. The second-order valence-electron chi connectivity index (χ2n) is 4.62. The van der Waals surface area contributed by atoms with E-state index in [2.05, 4.69) is 15.6 Å². The van der Waals surface area contributed by atoms with Crippen molar-refractivity contribution in [1.82, 2.24) is 20.2 Å². The molecule has 1 heterocycles. The highest BCUT2D eigenvalue weighted by Gasteiger charge is 2.19. The van der Waals surface area contributed by atoms with Crippen LogP contribution in [-0.4, -0.2) is 33.8 Å². The van der Waals surface area contributed by atoms with Crippen LogP contribution in [0.25, 0.3) is 11.0 Å². The van der Waals surface area contributed by atoms with Crippen molar-refractivity contribution in [2.24, 2.45) is 0 Å². The average molecular weight is 342 g/mol. The Morgan fingerprint density at radius 2 is 2.09 bits per heavy atom. The Balaban J connectivity index is 2.03. The first kappa shape index (κ1) is 17.2. The number of carbonyl (C=O) groups excluding carboxylic acids is 2. The van der Waals surface area contributed by atoms with E-state index in [-0.39, 0.29) is 10.9 Å². The van der Waals surface area contributed by atoms with Crippen molar-refractivity contribution in [2.45, 2.75) is 25.1 Å². The van der Waals surface area contributed by atoms with E-state index >= 15 is 0 Å². The summed E-state index contributed by atoms with van der Waals surface area (Å²) in [5, 5.41) is 4.66. The Bertz CT molecular complexity index is 705. The van der Waals surface area contributed by atoms with Gasteiger partial charge in [-0.2, -0.15) is 8.78 Å². The molecule has 0 radical (unpaired) electrons. The second kappa shape index (κ2) is 7.91. The first-order valence-corrected chi connectivity index (χ1v) is 7.97. The van der Waals surface area contributed by atoms with Gasteiger partial charge in [0.25, 0.3) is 0 Å². The summed E-state index contributed by atoms with van der Waals surface area (Å²) in [6.07, 6.45) is 0.745. The molecule has 0 aliphatic rings. The Kier molecular flexibility index (Phi) is 5.91. The van der Waals surface area contributed by atoms with E-state index in [0.717, 1.165) is 22.7 Å². The summed E-state index contributed by atoms with van der Waals surface area (Å²) in [6.45, 7) is -0.430. The highest BCUT2D eigenvalue weighted by molar-refractivity contribution is 7.99. The van der Waals surface area contributed by atoms with E-state index < -0.39 is 18.5 Å². The molecule has 2 aromatic rings. The number of fused-ring (bicyclic) bond motifs is 1. The second-order valence-corrected chi connectivity index (χ2v) is 5.57. The number of carbonyl (C=O) groups is 2. The number of para-hydroxylation sites is 2. The summed E-state index contributed by atoms with van der Waals surface area (Å²) in [5.74, 6) is -0.758. The molecule has 0 aliphatic heterocycles. The molecule has 0 fully saturated rings. The van der Waals surface area contributed by atoms with Crippen LogP contribution in [0.15, 0.2) is 29.4 Å². The Morgan fingerprint density at radius 1 is 1.35 bits per heavy atom. The molecule has 0 saturated carbocycles. The minimum absolute atomic E-state index is 0.0327. The third-order valence-electron chi connectivity index (χ3n) is 2.88. The summed E-state index contributed by atoms with van der Waals surface area (Å²) in [6, 6.07) is 5.90. The summed E-state index contributed by atoms with van der Waals surface area (Å²) in [7, 11) is 0. The highest BCUT2D eigenvalue weighted by Crippen LogP contribution is 2.28. The smallest absolute Gasteiger partial charge is 0.321 e. The van der Waals surface area contributed by atoms with Crippen LogP contribution in [0.2, 0.25) is 0 Å². The minimum atomic E-state index is -2.76. The van der Waals surface area contributed by atoms with Gasteiger partial charge in [0, 0.05) is 6.54 Å². The molecule has 0 saturated heterocycles. The molecule has 0 aliphatic carbocycles. The van der Waals surface area contributed by atoms with Crippen molar-refractivity contribution in [3.63, 3.8) is 0 Å². The third-order valence-corrected chi connectivity index (χ3v) is 3.83. The van der Waals surface area contributed by atoms with Crippen LogP contribution in [0.1, 0.15) is 19.9 Å². The maximum absolute atomic E-state index is 13.2. The topological polar surface area (TPSA) is 76.0 Å². The number of hydrogen-bond donors (Lipinski definition) is 2. The van der Waals surface area contributed by atoms with Gasteiger partial charge in [0.2, 0.25) is 5.91 Å². The fraction of sp³-hybridized carbons (Fsp3) is 0.357. The van der Waals surface area contributed by atoms with Gasteiger partial charge in [0.15, 0.2) is 5.16 Å². The number of benzene rings is 1. The summed E-state index contributed by atoms with van der Waals surface area (Å²) in [5.41, 5.74) is 0.725. The van der Waals surface area contributed by atoms with E-state index in [9.17, 15) is 18.4 Å². The molecule has 0 bridgehead atoms. The maximum atomic E-state index is 13.2. The van der Waals surface area contributed by atoms with Crippen molar-refractivity contribution in [2.75, 3.05) is 12.3 Å². The summed E-state index contributed by atoms with van der Waals surface area (Å²) < 4.78 is 27.2. The number of alkyl halides is 2. The minimum Gasteiger partial charge on any atom is -0.338 e. The Hall–Kier alpha value is -2.16. The standard InChI is InChI=1S/C14H16F2N4O2S/c1-2-7-17-13(22)19-11(21)8-23-14-18-9-5-3-4-6-10(9)20(14)12(15)16/h3-6,12H,2,7-8H2,1H3,(H2,17,19,21,22). The zero-order valence-corrected chi connectivity index (χ0v) is 13.2. The van der Waals surface area contributed by atoms with E-state index in [1.807, 2.05) is 6.92 Å². The van der Waals surface area contributed by atoms with E-state index in [4.69, 9.17) is 0 Å². The van der Waals surface area contributed by atoms with Crippen LogP contribution in [0.3, 0.4) is 0 Å². The highest BCUT2D eigenvalue weighted by atomic mass is 32.2. The molecular formula is C14H16F2N4O2S. The van der Waals surface area contributed by atoms with Gasteiger partial charge < -0.3 is 5.32 Å². The predicted molar refractivity (Wildman–Crippen MR) is 83.5 cm³/mol. The molecule has 3 amide bonds. The molecule has 0 spiro atoms. The lowest BCUT2D eigenvalue weighted by molar-refractivity contribution is -0.117. The molecule has 6 nitrogen and oxygen atoms in total. The lowest BCUT2D eigenvalue weighted by Gasteiger charge is -2.07. The lowest BCUT2D eigenvalue weighted by atomic mass is 10.3. The van der Waals surface area contributed by atoms with Crippen LogP contribution >= 0.6 is 11.8 Å². The van der Waals surface area contributed by atoms with E-state index in [1.54, 1.807) is 18.2 Å². The van der Waals surface area contributed by atoms with Crippen LogP contribution in [0, 0.1) is 0 Å². The summed E-state index contributed by atoms with van der Waals surface area (Å²) in [4.78, 5) is 27.1. The molecule has 0 unspecified atom stereocenters. The number of amides is 3. The Labute approximate surface area is 135 Å². The first-order chi connectivity index (χ1) is 11.0. The van der Waals surface area contributed by atoms with Crippen LogP contribution in [0.5, 0.6) is 0 Å². The molecule has 1 aromatic heterocycles. The monoisotopic (exact) mass is 342 g/mol. The number of urea groups is 1.